The van der Waals surface area contributed by atoms with Crippen LogP contribution in [0.4, 0.5) is 0 Å². The molecule has 0 radical (unpaired) electrons. The summed E-state index contributed by atoms with van der Waals surface area (Å²) in [6.07, 6.45) is 11.5. The first kappa shape index (κ1) is 35.2. The fraction of sp³-hybridized carbons (Fsp3) is 0.889. The minimum atomic E-state index is -3.41. The van der Waals surface area contributed by atoms with E-state index in [-0.39, 0.29) is 6.10 Å². The molecule has 0 N–H and O–H groups in total. The molecule has 0 rings (SSSR count). The highest BCUT2D eigenvalue weighted by Gasteiger charge is 2.26. The average molecular weight is 536 g/mol. The van der Waals surface area contributed by atoms with Crippen LogP contribution >= 0.6 is 7.60 Å². The molecule has 0 aromatic carbocycles. The molecule has 8 nitrogen and oxygen atoms in total. The van der Waals surface area contributed by atoms with Gasteiger partial charge in [-0.3, -0.25) is 14.2 Å². The molecule has 214 valence electrons. The molecule has 1 amide bonds. The lowest BCUT2D eigenvalue weighted by atomic mass is 10.1. The summed E-state index contributed by atoms with van der Waals surface area (Å²) in [5.74, 6) is 1.54. The predicted octanol–water partition coefficient (Wildman–Crippen LogP) is 7.28. The van der Waals surface area contributed by atoms with Crippen LogP contribution in [0.2, 0.25) is 0 Å². The van der Waals surface area contributed by atoms with Crippen molar-refractivity contribution in [2.24, 2.45) is 0 Å². The van der Waals surface area contributed by atoms with Crippen LogP contribution in [0.5, 0.6) is 0 Å². The van der Waals surface area contributed by atoms with Gasteiger partial charge >= 0.3 is 7.60 Å². The largest absolute Gasteiger partial charge is 0.375 e. The van der Waals surface area contributed by atoms with Crippen molar-refractivity contribution in [1.82, 2.24) is 5.06 Å². The van der Waals surface area contributed by atoms with Crippen LogP contribution in [0.25, 0.3) is 0 Å². The molecule has 0 aliphatic heterocycles. The number of unbranched alkanes of at least 4 members (excludes halogenated alkanes) is 5. The van der Waals surface area contributed by atoms with Crippen LogP contribution in [-0.2, 0) is 32.7 Å². The molecule has 0 aromatic rings. The molecular formula is C27H54NO7P. The second-order valence-electron chi connectivity index (χ2n) is 8.93. The molecule has 0 unspecified atom stereocenters. The topological polar surface area (TPSA) is 83.5 Å². The molecular weight excluding hydrogens is 481 g/mol. The maximum absolute atomic E-state index is 13.4. The number of carbonyl (C=O) groups excluding carboxylic acids is 1. The van der Waals surface area contributed by atoms with Crippen molar-refractivity contribution < 1.29 is 32.7 Å². The molecule has 0 bridgehead atoms. The van der Waals surface area contributed by atoms with Crippen LogP contribution in [0, 0.1) is 0 Å². The van der Waals surface area contributed by atoms with E-state index in [1.54, 1.807) is 11.9 Å². The average Bonchev–Trinajstić information content (AvgIpc) is 2.87. The van der Waals surface area contributed by atoms with Gasteiger partial charge in [0.05, 0.1) is 32.5 Å². The zero-order valence-electron chi connectivity index (χ0n) is 23.7. The van der Waals surface area contributed by atoms with Gasteiger partial charge in [-0.25, -0.2) is 5.06 Å². The highest BCUT2D eigenvalue weighted by molar-refractivity contribution is 7.57. The Kier molecular flexibility index (Phi) is 24.1. The van der Waals surface area contributed by atoms with Crippen molar-refractivity contribution in [3.8, 4) is 0 Å². The minimum absolute atomic E-state index is 0.332. The Balaban J connectivity index is 5.61. The van der Waals surface area contributed by atoms with Gasteiger partial charge in [0, 0.05) is 19.0 Å². The third kappa shape index (κ3) is 18.5. The normalized spacial score (nSPS) is 13.8. The second-order valence-corrected chi connectivity index (χ2v) is 10.8. The van der Waals surface area contributed by atoms with Gasteiger partial charge in [-0.2, -0.15) is 0 Å². The van der Waals surface area contributed by atoms with Crippen LogP contribution in [-0.4, -0.2) is 63.3 Å². The number of ether oxygens (including phenoxy) is 2. The van der Waals surface area contributed by atoms with E-state index in [2.05, 4.69) is 34.6 Å². The first-order valence-electron chi connectivity index (χ1n) is 14.2. The zero-order valence-corrected chi connectivity index (χ0v) is 24.6. The summed E-state index contributed by atoms with van der Waals surface area (Å²) in [6.45, 7) is 13.2. The fourth-order valence-electron chi connectivity index (χ4n) is 3.09. The molecule has 0 fully saturated rings. The number of rotatable bonds is 27. The zero-order chi connectivity index (χ0) is 26.9. The van der Waals surface area contributed by atoms with E-state index >= 15 is 0 Å². The lowest BCUT2D eigenvalue weighted by Crippen LogP contribution is -2.35. The fourth-order valence-corrected chi connectivity index (χ4v) is 4.48. The third-order valence-corrected chi connectivity index (χ3v) is 7.13. The van der Waals surface area contributed by atoms with Gasteiger partial charge in [0.2, 0.25) is 6.41 Å². The van der Waals surface area contributed by atoms with E-state index in [0.717, 1.165) is 64.2 Å². The summed E-state index contributed by atoms with van der Waals surface area (Å²) in [5.41, 5.74) is 0. The van der Waals surface area contributed by atoms with Crippen LogP contribution in [0.1, 0.15) is 105 Å². The Morgan fingerprint density at radius 1 is 0.722 bits per heavy atom. The van der Waals surface area contributed by atoms with Gasteiger partial charge in [0.15, 0.2) is 0 Å². The Hall–Kier alpha value is -0.760. The minimum Gasteiger partial charge on any atom is -0.375 e. The van der Waals surface area contributed by atoms with E-state index in [9.17, 15) is 9.36 Å². The summed E-state index contributed by atoms with van der Waals surface area (Å²) < 4.78 is 37.3. The number of hydrogen-bond acceptors (Lipinski definition) is 7. The molecule has 0 aromatic heterocycles. The van der Waals surface area contributed by atoms with Gasteiger partial charge in [0.1, 0.15) is 6.10 Å². The number of amides is 1. The van der Waals surface area contributed by atoms with Crippen molar-refractivity contribution in [3.63, 3.8) is 0 Å². The molecule has 0 saturated carbocycles. The maximum Gasteiger partial charge on any atom is 0.353 e. The maximum atomic E-state index is 13.4. The Morgan fingerprint density at radius 2 is 1.22 bits per heavy atom. The number of nitrogens with zero attached hydrogens (tertiary/aromatic N) is 1. The molecule has 0 spiro atoms. The first-order valence-corrected chi connectivity index (χ1v) is 15.8. The number of hydrogen-bond donors (Lipinski definition) is 0. The van der Waals surface area contributed by atoms with Crippen molar-refractivity contribution >= 4 is 14.0 Å². The molecule has 0 aliphatic rings. The van der Waals surface area contributed by atoms with Gasteiger partial charge in [-0.05, 0) is 44.6 Å². The number of hydroxylamine groups is 2. The SMILES string of the molecule is CCCCO[C@@H](CCN(C=O)OCCCC)[C@@H](/C=C/P(=O)(OCCCC)OCCCC)OCCCC. The van der Waals surface area contributed by atoms with Crippen LogP contribution in [0.3, 0.4) is 0 Å². The van der Waals surface area contributed by atoms with Gasteiger partial charge < -0.3 is 18.5 Å². The smallest absolute Gasteiger partial charge is 0.353 e. The molecule has 2 atom stereocenters. The van der Waals surface area contributed by atoms with E-state index in [0.29, 0.717) is 52.4 Å². The highest BCUT2D eigenvalue weighted by Crippen LogP contribution is 2.50. The van der Waals surface area contributed by atoms with Crippen LogP contribution < -0.4 is 0 Å². The summed E-state index contributed by atoms with van der Waals surface area (Å²) in [7, 11) is -3.41. The Morgan fingerprint density at radius 3 is 1.75 bits per heavy atom. The van der Waals surface area contributed by atoms with E-state index < -0.39 is 13.7 Å². The van der Waals surface area contributed by atoms with E-state index in [1.165, 1.54) is 5.06 Å². The summed E-state index contributed by atoms with van der Waals surface area (Å²) in [4.78, 5) is 17.1. The van der Waals surface area contributed by atoms with Crippen molar-refractivity contribution in [1.29, 1.82) is 0 Å². The third-order valence-electron chi connectivity index (χ3n) is 5.51. The molecule has 0 heterocycles. The molecule has 36 heavy (non-hydrogen) atoms. The first-order chi connectivity index (χ1) is 17.5. The van der Waals surface area contributed by atoms with Gasteiger partial charge in [-0.1, -0.05) is 66.7 Å². The van der Waals surface area contributed by atoms with Crippen LogP contribution in [0.15, 0.2) is 11.9 Å². The molecule has 9 heteroatoms. The lowest BCUT2D eigenvalue weighted by Gasteiger charge is -2.28. The molecule has 0 aliphatic carbocycles. The van der Waals surface area contributed by atoms with Crippen molar-refractivity contribution in [2.75, 3.05) is 39.6 Å². The molecule has 0 saturated heterocycles. The Bertz CT molecular complexity index is 562. The predicted molar refractivity (Wildman–Crippen MR) is 146 cm³/mol. The lowest BCUT2D eigenvalue weighted by molar-refractivity contribution is -0.176. The Labute approximate surface area is 220 Å². The monoisotopic (exact) mass is 535 g/mol. The van der Waals surface area contributed by atoms with Crippen molar-refractivity contribution in [2.45, 2.75) is 117 Å². The quantitative estimate of drug-likeness (QED) is 0.0473. The number of carbonyl (C=O) groups is 1. The second kappa shape index (κ2) is 24.6. The standard InChI is InChI=1S/C27H54NO7P/c1-6-11-19-31-26(16-18-28(25-29)33-21-13-8-3)27(32-20-12-7-2)17-24-36(30,34-22-14-9-4)35-23-15-10-5/h17,24-27H,6-16,18-23H2,1-5H3/b24-17+/t26-,27+/m0/s1. The summed E-state index contributed by atoms with van der Waals surface area (Å²) in [6, 6.07) is 0. The van der Waals surface area contributed by atoms with Crippen molar-refractivity contribution in [3.05, 3.63) is 11.9 Å². The summed E-state index contributed by atoms with van der Waals surface area (Å²) in [5, 5.41) is 1.32. The van der Waals surface area contributed by atoms with E-state index in [4.69, 9.17) is 23.4 Å². The van der Waals surface area contributed by atoms with E-state index in [1.807, 2.05) is 0 Å². The van der Waals surface area contributed by atoms with Gasteiger partial charge in [-0.15, -0.1) is 0 Å². The summed E-state index contributed by atoms with van der Waals surface area (Å²) >= 11 is 0. The van der Waals surface area contributed by atoms with Gasteiger partial charge in [0.25, 0.3) is 0 Å². The highest BCUT2D eigenvalue weighted by atomic mass is 31.2.